The van der Waals surface area contributed by atoms with E-state index in [2.05, 4.69) is 0 Å². The molecule has 2 aliphatic rings. The minimum atomic E-state index is -5.55. The predicted octanol–water partition coefficient (Wildman–Crippen LogP) is 3.53. The lowest BCUT2D eigenvalue weighted by atomic mass is 9.74. The molecule has 4 aromatic carbocycles. The molecular weight excluding hydrogens is 1240 g/mol. The highest BCUT2D eigenvalue weighted by atomic mass is 32.2. The Bertz CT molecular complexity index is 3960. The van der Waals surface area contributed by atoms with Crippen LogP contribution in [0.3, 0.4) is 0 Å². The summed E-state index contributed by atoms with van der Waals surface area (Å²) in [5.74, 6) is -2.83. The molecule has 2 unspecified atom stereocenters. The second kappa shape index (κ2) is 28.1. The molecule has 2 aliphatic heterocycles. The fourth-order valence-corrected chi connectivity index (χ4v) is 14.5. The largest absolute Gasteiger partial charge is 0.748 e. The number of rotatable bonds is 35. The Morgan fingerprint density at radius 1 is 0.588 bits per heavy atom. The highest BCUT2D eigenvalue weighted by molar-refractivity contribution is 7.87. The summed E-state index contributed by atoms with van der Waals surface area (Å²) in [6, 6.07) is 7.88. The molecule has 6 rings (SSSR count). The summed E-state index contributed by atoms with van der Waals surface area (Å²) in [6.07, 6.45) is 4.18. The number of benzene rings is 4. The molecule has 0 aromatic heterocycles. The van der Waals surface area contributed by atoms with E-state index in [0.717, 1.165) is 18.2 Å². The lowest BCUT2D eigenvalue weighted by molar-refractivity contribution is -0.437. The summed E-state index contributed by atoms with van der Waals surface area (Å²) in [4.78, 5) is 9.00. The van der Waals surface area contributed by atoms with Gasteiger partial charge in [-0.05, 0) is 110 Å². The molecular formula is C52H64N2O25S6-4. The van der Waals surface area contributed by atoms with E-state index in [9.17, 15) is 87.7 Å². The Labute approximate surface area is 493 Å². The molecule has 2 heterocycles. The maximum atomic E-state index is 12.9. The van der Waals surface area contributed by atoms with Gasteiger partial charge >= 0.3 is 5.97 Å². The minimum absolute atomic E-state index is 0.0125. The monoisotopic (exact) mass is 1310 g/mol. The Morgan fingerprint density at radius 3 is 1.60 bits per heavy atom. The number of ether oxygens (including phenoxy) is 5. The molecule has 33 heteroatoms. The maximum Gasteiger partial charge on any atom is 0.303 e. The highest BCUT2D eigenvalue weighted by Crippen LogP contribution is 2.54. The Morgan fingerprint density at radius 2 is 1.11 bits per heavy atom. The Hall–Kier alpha value is -4.92. The topological polar surface area (TPSA) is 430 Å². The van der Waals surface area contributed by atoms with Gasteiger partial charge in [-0.25, -0.2) is 42.1 Å². The van der Waals surface area contributed by atoms with Gasteiger partial charge in [-0.3, -0.25) is 9.35 Å². The third-order valence-corrected chi connectivity index (χ3v) is 19.5. The number of nitrogens with zero attached hydrogens (tertiary/aromatic N) is 2. The number of carboxylic acids is 1. The number of hydrogen-bond donors (Lipinski definition) is 2. The molecule has 0 radical (unpaired) electrons. The van der Waals surface area contributed by atoms with Gasteiger partial charge in [-0.1, -0.05) is 18.6 Å². The molecule has 0 spiro atoms. The summed E-state index contributed by atoms with van der Waals surface area (Å²) in [6.45, 7) is 4.92. The van der Waals surface area contributed by atoms with Crippen LogP contribution in [0.5, 0.6) is 0 Å². The molecule has 0 aliphatic carbocycles. The van der Waals surface area contributed by atoms with Gasteiger partial charge < -0.3 is 56.5 Å². The van der Waals surface area contributed by atoms with E-state index in [1.165, 1.54) is 41.9 Å². The van der Waals surface area contributed by atoms with Gasteiger partial charge in [0.15, 0.2) is 5.71 Å². The first kappa shape index (κ1) is 69.2. The quantitative estimate of drug-likeness (QED) is 0.0378. The van der Waals surface area contributed by atoms with Crippen molar-refractivity contribution >= 4 is 105 Å². The number of carboxylic acid groups (broad SMARTS) is 1. The van der Waals surface area contributed by atoms with Gasteiger partial charge in [0.25, 0.3) is 10.1 Å². The van der Waals surface area contributed by atoms with Crippen LogP contribution in [0.4, 0.5) is 11.4 Å². The first-order chi connectivity index (χ1) is 39.5. The standard InChI is InChI=1S/C52H68N2O25S6/c1-51(17-8-30-80(57,58)59)46(54(20-9-31-81(60,61)62)42-15-13-38-40(49(42)51)32-36(82(63,64)65)34-44(38)84(69,70)71)10-7-11-47-52(2,18-21-76-24-25-78-28-29-79-27-26-77-23-22-75-3)50-41-33-37(83(66,67)68)35-45(85(72,73)74)39(41)14-16-43(50)53(47)19-6-4-5-12-48(55)56/h7,10-11,13-16,32-35H,4-6,8-9,12,17-31H2,1-3H3,(H6-,55,56,57,58,59,60,61,62,63,64,65,66,67,68,69,70,71,72,73,74)/p-4. The maximum absolute atomic E-state index is 12.9. The van der Waals surface area contributed by atoms with Crippen LogP contribution in [0.1, 0.15) is 76.3 Å². The molecule has 2 atom stereocenters. The lowest BCUT2D eigenvalue weighted by Gasteiger charge is -2.31. The normalized spacial score (nSPS) is 18.4. The third kappa shape index (κ3) is 17.7. The van der Waals surface area contributed by atoms with Crippen LogP contribution in [0.2, 0.25) is 0 Å². The summed E-state index contributed by atoms with van der Waals surface area (Å²) in [5.41, 5.74) is -1.90. The number of hydrogen-bond acceptors (Lipinski definition) is 24. The number of anilines is 1. The summed E-state index contributed by atoms with van der Waals surface area (Å²) >= 11 is 0. The van der Waals surface area contributed by atoms with Crippen LogP contribution in [0.15, 0.2) is 92.0 Å². The molecule has 472 valence electrons. The van der Waals surface area contributed by atoms with E-state index >= 15 is 0 Å². The number of allylic oxidation sites excluding steroid dienone is 4. The molecule has 2 N–H and O–H groups in total. The van der Waals surface area contributed by atoms with E-state index in [1.807, 2.05) is 0 Å². The van der Waals surface area contributed by atoms with Crippen LogP contribution in [-0.4, -0.2) is 190 Å². The highest BCUT2D eigenvalue weighted by Gasteiger charge is 2.49. The summed E-state index contributed by atoms with van der Waals surface area (Å²) in [5, 5.41) is 8.40. The second-order valence-corrected chi connectivity index (χ2v) is 29.0. The number of fused-ring (bicyclic) bond motifs is 6. The van der Waals surface area contributed by atoms with Crippen LogP contribution in [0.25, 0.3) is 21.5 Å². The zero-order valence-corrected chi connectivity index (χ0v) is 51.2. The number of aliphatic carboxylic acids is 1. The van der Waals surface area contributed by atoms with Crippen LogP contribution >= 0.6 is 0 Å². The van der Waals surface area contributed by atoms with Crippen molar-refractivity contribution in [3.05, 3.63) is 83.6 Å². The van der Waals surface area contributed by atoms with Crippen LogP contribution < -0.4 is 4.90 Å². The molecule has 4 aromatic rings. The van der Waals surface area contributed by atoms with E-state index in [0.29, 0.717) is 62.8 Å². The Kier molecular flexibility index (Phi) is 22.8. The first-order valence-corrected chi connectivity index (χ1v) is 35.1. The average molecular weight is 1310 g/mol. The van der Waals surface area contributed by atoms with Crippen LogP contribution in [0, 0.1) is 0 Å². The minimum Gasteiger partial charge on any atom is -0.748 e. The molecule has 0 saturated carbocycles. The van der Waals surface area contributed by atoms with Crippen molar-refractivity contribution in [2.24, 2.45) is 0 Å². The van der Waals surface area contributed by atoms with Crippen molar-refractivity contribution in [1.29, 1.82) is 0 Å². The fraction of sp³-hybridized carbons (Fsp3) is 0.500. The van der Waals surface area contributed by atoms with E-state index in [4.69, 9.17) is 23.7 Å². The predicted molar refractivity (Wildman–Crippen MR) is 300 cm³/mol. The number of methoxy groups -OCH3 is 1. The third-order valence-electron chi connectivity index (χ3n) is 14.5. The SMILES string of the molecule is COCCOCCOCCOCCOCCC1(C)/C(=C\C=C\C2=[N+](CCCS(=O)(=O)O)c3ccc4c(S(=O)(=O)[O-])cc(S(=O)(=O)[O-])cc4c3C2(C)CCCS(=O)(=O)[O-])N(CCCCCC(=O)O)c2ccc3c(S(=O)(=O)[O-])cc(S(=O)(=O)[O-])cc3c21. The first-order valence-electron chi connectivity index (χ1n) is 26.3. The van der Waals surface area contributed by atoms with Crippen molar-refractivity contribution in [2.75, 3.05) is 96.1 Å². The average Bonchev–Trinajstić information content (AvgIpc) is 1.67. The van der Waals surface area contributed by atoms with Crippen molar-refractivity contribution in [3.63, 3.8) is 0 Å². The van der Waals surface area contributed by atoms with Gasteiger partial charge in [-0.2, -0.15) is 13.0 Å². The summed E-state index contributed by atoms with van der Waals surface area (Å²) in [7, 11) is -30.0. The van der Waals surface area contributed by atoms with Crippen molar-refractivity contribution in [1.82, 2.24) is 0 Å². The van der Waals surface area contributed by atoms with Crippen LogP contribution in [-0.2, 0) is 100 Å². The smallest absolute Gasteiger partial charge is 0.303 e. The van der Waals surface area contributed by atoms with Crippen molar-refractivity contribution in [2.45, 2.75) is 95.6 Å². The molecule has 0 fully saturated rings. The van der Waals surface area contributed by atoms with Gasteiger partial charge in [0, 0.05) is 78.7 Å². The van der Waals surface area contributed by atoms with Gasteiger partial charge in [0.05, 0.1) is 93.7 Å². The van der Waals surface area contributed by atoms with Crippen molar-refractivity contribution < 1.29 is 116 Å². The van der Waals surface area contributed by atoms with Gasteiger partial charge in [0.2, 0.25) is 5.69 Å². The second-order valence-electron chi connectivity index (χ2n) is 20.4. The van der Waals surface area contributed by atoms with E-state index < -0.39 is 115 Å². The summed E-state index contributed by atoms with van der Waals surface area (Å²) < 4.78 is 252. The van der Waals surface area contributed by atoms with Gasteiger partial charge in [-0.15, -0.1) is 0 Å². The molecule has 0 bridgehead atoms. The molecule has 0 saturated heterocycles. The Balaban J connectivity index is 1.57. The van der Waals surface area contributed by atoms with Crippen molar-refractivity contribution in [3.8, 4) is 0 Å². The lowest BCUT2D eigenvalue weighted by Crippen LogP contribution is -2.33. The number of carbonyl (C=O) groups is 1. The van der Waals surface area contributed by atoms with Gasteiger partial charge in [0.1, 0.15) is 47.0 Å². The molecule has 27 nitrogen and oxygen atoms in total. The molecule has 85 heavy (non-hydrogen) atoms. The number of unbranched alkanes of at least 4 members (excludes halogenated alkanes) is 2. The fourth-order valence-electron chi connectivity index (χ4n) is 10.8. The van der Waals surface area contributed by atoms with E-state index in [1.54, 1.807) is 25.0 Å². The zero-order valence-electron chi connectivity index (χ0n) is 46.3. The zero-order chi connectivity index (χ0) is 63.0. The van der Waals surface area contributed by atoms with E-state index in [-0.39, 0.29) is 122 Å². The molecule has 0 amide bonds.